The molecule has 0 bridgehead atoms. The Morgan fingerprint density at radius 1 is 1.00 bits per heavy atom. The third kappa shape index (κ3) is 4.97. The lowest BCUT2D eigenvalue weighted by atomic mass is 10.00. The maximum absolute atomic E-state index is 12.3. The number of nitrogens with one attached hydrogen (secondary N) is 2. The van der Waals surface area contributed by atoms with E-state index in [9.17, 15) is 4.79 Å². The zero-order valence-corrected chi connectivity index (χ0v) is 13.9. The second kappa shape index (κ2) is 9.54. The minimum absolute atomic E-state index is 0.0240. The van der Waals surface area contributed by atoms with Crippen LogP contribution >= 0.6 is 0 Å². The summed E-state index contributed by atoms with van der Waals surface area (Å²) in [5.41, 5.74) is 4.69. The summed E-state index contributed by atoms with van der Waals surface area (Å²) in [6.45, 7) is 2.68. The summed E-state index contributed by atoms with van der Waals surface area (Å²) >= 11 is 0. The molecule has 0 unspecified atom stereocenters. The van der Waals surface area contributed by atoms with Gasteiger partial charge in [-0.25, -0.2) is 0 Å². The van der Waals surface area contributed by atoms with E-state index < -0.39 is 0 Å². The second-order valence-corrected chi connectivity index (χ2v) is 5.72. The molecule has 1 aliphatic heterocycles. The molecule has 2 N–H and O–H groups in total. The summed E-state index contributed by atoms with van der Waals surface area (Å²) in [5.74, 6) is 0.0240. The number of rotatable bonds is 4. The van der Waals surface area contributed by atoms with Crippen LogP contribution in [0, 0.1) is 12.8 Å². The van der Waals surface area contributed by atoms with E-state index in [2.05, 4.69) is 47.7 Å². The fraction of sp³-hybridized carbons (Fsp3) is 0.286. The zero-order chi connectivity index (χ0) is 17.2. The van der Waals surface area contributed by atoms with Gasteiger partial charge >= 0.3 is 0 Å². The predicted molar refractivity (Wildman–Crippen MR) is 99.1 cm³/mol. The highest BCUT2D eigenvalue weighted by atomic mass is 16.1. The number of terminal acetylenes is 1. The Labute approximate surface area is 144 Å². The Morgan fingerprint density at radius 2 is 1.71 bits per heavy atom. The fourth-order valence-electron chi connectivity index (χ4n) is 2.88. The van der Waals surface area contributed by atoms with E-state index in [0.29, 0.717) is 6.54 Å². The van der Waals surface area contributed by atoms with Crippen molar-refractivity contribution in [1.29, 1.82) is 0 Å². The van der Waals surface area contributed by atoms with E-state index in [1.54, 1.807) is 0 Å². The number of benzene rings is 2. The minimum Gasteiger partial charge on any atom is -0.352 e. The summed E-state index contributed by atoms with van der Waals surface area (Å²) in [7, 11) is 0. The molecule has 2 aromatic carbocycles. The van der Waals surface area contributed by atoms with Crippen molar-refractivity contribution in [3.05, 3.63) is 70.8 Å². The van der Waals surface area contributed by atoms with Crippen LogP contribution in [0.15, 0.2) is 48.5 Å². The third-order valence-electron chi connectivity index (χ3n) is 4.15. The maximum atomic E-state index is 12.3. The molecule has 1 amide bonds. The molecule has 3 rings (SSSR count). The number of fused-ring (bicyclic) bond motifs is 1. The lowest BCUT2D eigenvalue weighted by Crippen LogP contribution is -2.25. The van der Waals surface area contributed by atoms with Gasteiger partial charge in [0.15, 0.2) is 0 Å². The van der Waals surface area contributed by atoms with Crippen LogP contribution < -0.4 is 10.6 Å². The molecule has 2 aromatic rings. The van der Waals surface area contributed by atoms with Crippen molar-refractivity contribution in [2.45, 2.75) is 19.3 Å². The van der Waals surface area contributed by atoms with Crippen LogP contribution in [0.5, 0.6) is 0 Å². The van der Waals surface area contributed by atoms with Gasteiger partial charge in [0.1, 0.15) is 0 Å². The summed E-state index contributed by atoms with van der Waals surface area (Å²) in [5, 5.41) is 6.41. The Kier molecular flexibility index (Phi) is 7.07. The van der Waals surface area contributed by atoms with Crippen LogP contribution in [0.2, 0.25) is 0 Å². The van der Waals surface area contributed by atoms with Gasteiger partial charge in [0.2, 0.25) is 0 Å². The molecular formula is C21H24N2O. The summed E-state index contributed by atoms with van der Waals surface area (Å²) in [6, 6.07) is 16.3. The van der Waals surface area contributed by atoms with Crippen molar-refractivity contribution in [3.63, 3.8) is 0 Å². The molecule has 1 heterocycles. The largest absolute Gasteiger partial charge is 0.352 e. The number of hydrogen-bond acceptors (Lipinski definition) is 2. The number of hydrogen-bond donors (Lipinski definition) is 2. The van der Waals surface area contributed by atoms with E-state index in [0.717, 1.165) is 37.9 Å². The van der Waals surface area contributed by atoms with E-state index in [1.165, 1.54) is 16.7 Å². The van der Waals surface area contributed by atoms with Gasteiger partial charge < -0.3 is 10.6 Å². The number of amides is 1. The average Bonchev–Trinajstić information content (AvgIpc) is 2.89. The minimum atomic E-state index is 0.0240. The molecule has 24 heavy (non-hydrogen) atoms. The van der Waals surface area contributed by atoms with Gasteiger partial charge in [0.25, 0.3) is 5.91 Å². The average molecular weight is 320 g/mol. The highest BCUT2D eigenvalue weighted by molar-refractivity contribution is 5.94. The Morgan fingerprint density at radius 3 is 2.46 bits per heavy atom. The second-order valence-electron chi connectivity index (χ2n) is 5.72. The SMILES string of the molecule is C#C.O=C(NCCc1ccccc1)c1ccc2c(c1)CCNCC2. The molecule has 0 saturated carbocycles. The number of carbonyl (C=O) groups is 1. The Bertz CT molecular complexity index is 677. The van der Waals surface area contributed by atoms with Gasteiger partial charge in [-0.3, -0.25) is 4.79 Å². The molecule has 0 saturated heterocycles. The maximum Gasteiger partial charge on any atom is 0.251 e. The van der Waals surface area contributed by atoms with Crippen LogP contribution in [-0.2, 0) is 19.3 Å². The first-order valence-electron chi connectivity index (χ1n) is 8.31. The lowest BCUT2D eigenvalue weighted by Gasteiger charge is -2.09. The van der Waals surface area contributed by atoms with Gasteiger partial charge in [0.05, 0.1) is 0 Å². The highest BCUT2D eigenvalue weighted by Gasteiger charge is 2.11. The van der Waals surface area contributed by atoms with Crippen molar-refractivity contribution in [2.24, 2.45) is 0 Å². The highest BCUT2D eigenvalue weighted by Crippen LogP contribution is 2.15. The third-order valence-corrected chi connectivity index (χ3v) is 4.15. The normalized spacial score (nSPS) is 12.9. The molecule has 3 nitrogen and oxygen atoms in total. The lowest BCUT2D eigenvalue weighted by molar-refractivity contribution is 0.0954. The first-order valence-corrected chi connectivity index (χ1v) is 8.31. The monoisotopic (exact) mass is 320 g/mol. The van der Waals surface area contributed by atoms with E-state index in [4.69, 9.17) is 0 Å². The summed E-state index contributed by atoms with van der Waals surface area (Å²) in [4.78, 5) is 12.3. The Balaban J connectivity index is 0.00000100. The van der Waals surface area contributed by atoms with Crippen LogP contribution in [0.3, 0.4) is 0 Å². The summed E-state index contributed by atoms with van der Waals surface area (Å²) < 4.78 is 0. The first-order chi connectivity index (χ1) is 11.8. The van der Waals surface area contributed by atoms with E-state index >= 15 is 0 Å². The van der Waals surface area contributed by atoms with Crippen molar-refractivity contribution in [3.8, 4) is 12.8 Å². The van der Waals surface area contributed by atoms with Crippen LogP contribution in [0.1, 0.15) is 27.0 Å². The van der Waals surface area contributed by atoms with Crippen molar-refractivity contribution in [2.75, 3.05) is 19.6 Å². The van der Waals surface area contributed by atoms with Crippen LogP contribution in [0.4, 0.5) is 0 Å². The molecule has 0 spiro atoms. The number of carbonyl (C=O) groups excluding carboxylic acids is 1. The molecular weight excluding hydrogens is 296 g/mol. The van der Waals surface area contributed by atoms with Crippen LogP contribution in [0.25, 0.3) is 0 Å². The smallest absolute Gasteiger partial charge is 0.251 e. The molecule has 0 atom stereocenters. The van der Waals surface area contributed by atoms with E-state index in [-0.39, 0.29) is 5.91 Å². The molecule has 0 aromatic heterocycles. The molecule has 0 aliphatic carbocycles. The quantitative estimate of drug-likeness (QED) is 0.850. The molecule has 0 fully saturated rings. The van der Waals surface area contributed by atoms with Gasteiger partial charge in [-0.05, 0) is 61.2 Å². The van der Waals surface area contributed by atoms with Gasteiger partial charge in [-0.15, -0.1) is 12.8 Å². The van der Waals surface area contributed by atoms with Crippen molar-refractivity contribution >= 4 is 5.91 Å². The molecule has 0 radical (unpaired) electrons. The topological polar surface area (TPSA) is 41.1 Å². The summed E-state index contributed by atoms with van der Waals surface area (Å²) in [6.07, 6.45) is 10.9. The van der Waals surface area contributed by atoms with Gasteiger partial charge in [-0.2, -0.15) is 0 Å². The van der Waals surface area contributed by atoms with Gasteiger partial charge in [-0.1, -0.05) is 36.4 Å². The molecule has 124 valence electrons. The fourth-order valence-corrected chi connectivity index (χ4v) is 2.88. The first kappa shape index (κ1) is 17.8. The zero-order valence-electron chi connectivity index (χ0n) is 13.9. The van der Waals surface area contributed by atoms with Crippen LogP contribution in [-0.4, -0.2) is 25.5 Å². The van der Waals surface area contributed by atoms with Crippen molar-refractivity contribution < 1.29 is 4.79 Å². The predicted octanol–water partition coefficient (Wildman–Crippen LogP) is 2.60. The molecule has 3 heteroatoms. The Hall–Kier alpha value is -2.57. The van der Waals surface area contributed by atoms with Crippen molar-refractivity contribution in [1.82, 2.24) is 10.6 Å². The van der Waals surface area contributed by atoms with Gasteiger partial charge in [0, 0.05) is 12.1 Å². The molecule has 1 aliphatic rings. The standard InChI is InChI=1S/C19H22N2O.C2H2/c22-19(21-13-8-15-4-2-1-3-5-15)18-7-6-16-9-11-20-12-10-17(16)14-18;1-2/h1-7,14,20H,8-13H2,(H,21,22);1-2H. The van der Waals surface area contributed by atoms with E-state index in [1.807, 2.05) is 24.3 Å².